The molecule has 0 unspecified atom stereocenters. The minimum Gasteiger partial charge on any atom is -0.314 e. The van der Waals surface area contributed by atoms with E-state index in [1.165, 1.54) is 12.3 Å². The number of piperazine rings is 1. The molecule has 0 atom stereocenters. The van der Waals surface area contributed by atoms with Gasteiger partial charge >= 0.3 is 6.18 Å². The zero-order chi connectivity index (χ0) is 13.0. The summed E-state index contributed by atoms with van der Waals surface area (Å²) in [5.41, 5.74) is 0.0231. The van der Waals surface area contributed by atoms with Crippen molar-refractivity contribution in [2.24, 2.45) is 0 Å². The van der Waals surface area contributed by atoms with E-state index in [0.29, 0.717) is 0 Å². The summed E-state index contributed by atoms with van der Waals surface area (Å²) in [5.74, 6) is 0. The molecule has 2 heterocycles. The maximum Gasteiger partial charge on any atom is 0.433 e. The van der Waals surface area contributed by atoms with Gasteiger partial charge in [-0.2, -0.15) is 13.2 Å². The molecular weight excluding hydrogens is 243 g/mol. The van der Waals surface area contributed by atoms with Crippen LogP contribution in [-0.2, 0) is 12.6 Å². The molecule has 1 aromatic rings. The van der Waals surface area contributed by atoms with Gasteiger partial charge in [-0.1, -0.05) is 6.07 Å². The van der Waals surface area contributed by atoms with Gasteiger partial charge in [0, 0.05) is 38.9 Å². The average Bonchev–Trinajstić information content (AvgIpc) is 2.37. The number of aromatic nitrogens is 1. The van der Waals surface area contributed by atoms with Gasteiger partial charge in [-0.25, -0.2) is 0 Å². The lowest BCUT2D eigenvalue weighted by molar-refractivity contribution is -0.141. The number of rotatable bonds is 3. The van der Waals surface area contributed by atoms with Crippen molar-refractivity contribution in [2.75, 3.05) is 32.7 Å². The molecule has 1 N–H and O–H groups in total. The third-order valence-electron chi connectivity index (χ3n) is 3.04. The smallest absolute Gasteiger partial charge is 0.314 e. The molecule has 0 aromatic carbocycles. The van der Waals surface area contributed by atoms with E-state index in [0.717, 1.165) is 50.8 Å². The van der Waals surface area contributed by atoms with E-state index in [1.807, 2.05) is 0 Å². The highest BCUT2D eigenvalue weighted by Crippen LogP contribution is 2.27. The predicted molar refractivity (Wildman–Crippen MR) is 62.3 cm³/mol. The molecule has 1 saturated heterocycles. The Morgan fingerprint density at radius 2 is 1.94 bits per heavy atom. The van der Waals surface area contributed by atoms with Crippen LogP contribution in [-0.4, -0.2) is 42.6 Å². The predicted octanol–water partition coefficient (Wildman–Crippen LogP) is 1.55. The Bertz CT molecular complexity index is 369. The first-order chi connectivity index (χ1) is 8.55. The molecule has 0 bridgehead atoms. The Kier molecular flexibility index (Phi) is 4.19. The molecule has 0 spiro atoms. The van der Waals surface area contributed by atoms with E-state index < -0.39 is 11.9 Å². The molecule has 1 aliphatic heterocycles. The first-order valence-corrected chi connectivity index (χ1v) is 6.01. The van der Waals surface area contributed by atoms with Crippen LogP contribution in [0.15, 0.2) is 18.3 Å². The fourth-order valence-electron chi connectivity index (χ4n) is 1.96. The molecule has 0 amide bonds. The Morgan fingerprint density at radius 1 is 1.22 bits per heavy atom. The quantitative estimate of drug-likeness (QED) is 0.892. The van der Waals surface area contributed by atoms with E-state index in [9.17, 15) is 13.2 Å². The van der Waals surface area contributed by atoms with Crippen molar-refractivity contribution in [2.45, 2.75) is 12.6 Å². The molecule has 0 aliphatic carbocycles. The maximum absolute atomic E-state index is 12.3. The van der Waals surface area contributed by atoms with Crippen LogP contribution in [0.1, 0.15) is 11.3 Å². The number of nitrogens with zero attached hydrogens (tertiary/aromatic N) is 2. The fourth-order valence-corrected chi connectivity index (χ4v) is 1.96. The highest BCUT2D eigenvalue weighted by atomic mass is 19.4. The van der Waals surface area contributed by atoms with Gasteiger partial charge in [-0.3, -0.25) is 4.98 Å². The summed E-state index contributed by atoms with van der Waals surface area (Å²) in [6.45, 7) is 4.81. The summed E-state index contributed by atoms with van der Waals surface area (Å²) >= 11 is 0. The lowest BCUT2D eigenvalue weighted by Gasteiger charge is -2.27. The van der Waals surface area contributed by atoms with Gasteiger partial charge < -0.3 is 10.2 Å². The van der Waals surface area contributed by atoms with E-state index >= 15 is 0 Å². The normalized spacial score (nSPS) is 17.9. The second kappa shape index (κ2) is 5.67. The lowest BCUT2D eigenvalue weighted by atomic mass is 10.2. The van der Waals surface area contributed by atoms with Gasteiger partial charge in [0.1, 0.15) is 5.69 Å². The molecule has 2 rings (SSSR count). The highest BCUT2D eigenvalue weighted by Gasteiger charge is 2.31. The van der Waals surface area contributed by atoms with Crippen LogP contribution >= 0.6 is 0 Å². The van der Waals surface area contributed by atoms with Crippen molar-refractivity contribution in [3.05, 3.63) is 29.6 Å². The van der Waals surface area contributed by atoms with Crippen LogP contribution in [0.2, 0.25) is 0 Å². The summed E-state index contributed by atoms with van der Waals surface area (Å²) in [5, 5.41) is 3.26. The Hall–Kier alpha value is -1.14. The summed E-state index contributed by atoms with van der Waals surface area (Å²) in [6, 6.07) is 2.56. The summed E-state index contributed by atoms with van der Waals surface area (Å²) in [6.07, 6.45) is -2.28. The minimum absolute atomic E-state index is 0.741. The van der Waals surface area contributed by atoms with Gasteiger partial charge in [-0.15, -0.1) is 0 Å². The third-order valence-corrected chi connectivity index (χ3v) is 3.04. The number of pyridine rings is 1. The first-order valence-electron chi connectivity index (χ1n) is 6.01. The molecule has 1 aromatic heterocycles. The maximum atomic E-state index is 12.3. The monoisotopic (exact) mass is 259 g/mol. The van der Waals surface area contributed by atoms with Crippen molar-refractivity contribution in [1.29, 1.82) is 0 Å². The highest BCUT2D eigenvalue weighted by molar-refractivity contribution is 5.16. The Balaban J connectivity index is 1.86. The second-order valence-corrected chi connectivity index (χ2v) is 4.39. The van der Waals surface area contributed by atoms with Crippen LogP contribution in [0.3, 0.4) is 0 Å². The van der Waals surface area contributed by atoms with Crippen LogP contribution in [0.4, 0.5) is 13.2 Å². The van der Waals surface area contributed by atoms with Gasteiger partial charge in [0.25, 0.3) is 0 Å². The fraction of sp³-hybridized carbons (Fsp3) is 0.583. The molecule has 3 nitrogen and oxygen atoms in total. The van der Waals surface area contributed by atoms with Crippen LogP contribution in [0.25, 0.3) is 0 Å². The van der Waals surface area contributed by atoms with Crippen molar-refractivity contribution in [1.82, 2.24) is 15.2 Å². The Labute approximate surface area is 104 Å². The minimum atomic E-state index is -4.35. The van der Waals surface area contributed by atoms with Gasteiger partial charge in [0.2, 0.25) is 0 Å². The summed E-state index contributed by atoms with van der Waals surface area (Å²) in [7, 11) is 0. The molecule has 0 radical (unpaired) electrons. The standard InChI is InChI=1S/C12H16F3N3/c13-12(14,15)11-2-1-10(9-17-11)3-6-18-7-4-16-5-8-18/h1-2,9,16H,3-8H2. The average molecular weight is 259 g/mol. The van der Waals surface area contributed by atoms with E-state index in [1.54, 1.807) is 0 Å². The summed E-state index contributed by atoms with van der Waals surface area (Å²) < 4.78 is 37.0. The number of halogens is 3. The number of nitrogens with one attached hydrogen (secondary N) is 1. The van der Waals surface area contributed by atoms with E-state index in [-0.39, 0.29) is 0 Å². The van der Waals surface area contributed by atoms with Gasteiger partial charge in [0.05, 0.1) is 0 Å². The second-order valence-electron chi connectivity index (χ2n) is 4.39. The van der Waals surface area contributed by atoms with Gasteiger partial charge in [-0.05, 0) is 18.1 Å². The number of hydrogen-bond acceptors (Lipinski definition) is 3. The molecule has 1 aliphatic rings. The zero-order valence-corrected chi connectivity index (χ0v) is 10.0. The SMILES string of the molecule is FC(F)(F)c1ccc(CCN2CCNCC2)cn1. The molecule has 0 saturated carbocycles. The summed E-state index contributed by atoms with van der Waals surface area (Å²) in [4.78, 5) is 5.76. The topological polar surface area (TPSA) is 28.2 Å². The third kappa shape index (κ3) is 3.68. The Morgan fingerprint density at radius 3 is 2.50 bits per heavy atom. The van der Waals surface area contributed by atoms with Crippen molar-refractivity contribution >= 4 is 0 Å². The zero-order valence-electron chi connectivity index (χ0n) is 10.0. The van der Waals surface area contributed by atoms with Crippen LogP contribution in [0, 0.1) is 0 Å². The molecule has 100 valence electrons. The molecular formula is C12H16F3N3. The van der Waals surface area contributed by atoms with Crippen LogP contribution < -0.4 is 5.32 Å². The van der Waals surface area contributed by atoms with Crippen LogP contribution in [0.5, 0.6) is 0 Å². The van der Waals surface area contributed by atoms with Gasteiger partial charge in [0.15, 0.2) is 0 Å². The largest absolute Gasteiger partial charge is 0.433 e. The molecule has 6 heteroatoms. The first kappa shape index (κ1) is 13.3. The van der Waals surface area contributed by atoms with E-state index in [2.05, 4.69) is 15.2 Å². The van der Waals surface area contributed by atoms with Crippen molar-refractivity contribution in [3.8, 4) is 0 Å². The van der Waals surface area contributed by atoms with Crippen molar-refractivity contribution < 1.29 is 13.2 Å². The van der Waals surface area contributed by atoms with E-state index in [4.69, 9.17) is 0 Å². The number of alkyl halides is 3. The van der Waals surface area contributed by atoms with Crippen molar-refractivity contribution in [3.63, 3.8) is 0 Å². The molecule has 18 heavy (non-hydrogen) atoms. The molecule has 1 fully saturated rings. The number of hydrogen-bond donors (Lipinski definition) is 1. The lowest BCUT2D eigenvalue weighted by Crippen LogP contribution is -2.44.